The maximum absolute atomic E-state index is 13.1. The van der Waals surface area contributed by atoms with E-state index in [9.17, 15) is 9.59 Å². The van der Waals surface area contributed by atoms with Gasteiger partial charge in [0.1, 0.15) is 5.69 Å². The van der Waals surface area contributed by atoms with Crippen molar-refractivity contribution in [2.45, 2.75) is 32.2 Å². The third-order valence-corrected chi connectivity index (χ3v) is 6.40. The normalized spacial score (nSPS) is 13.5. The van der Waals surface area contributed by atoms with Gasteiger partial charge in [0.15, 0.2) is 0 Å². The lowest BCUT2D eigenvalue weighted by atomic mass is 10.1. The molecule has 0 saturated heterocycles. The minimum Gasteiger partial charge on any atom is -0.361 e. The summed E-state index contributed by atoms with van der Waals surface area (Å²) in [5.74, 6) is 0.656. The summed E-state index contributed by atoms with van der Waals surface area (Å²) in [5, 5.41) is 2.24. The summed E-state index contributed by atoms with van der Waals surface area (Å²) >= 11 is 0. The number of hydrogen-bond donors (Lipinski definition) is 2. The molecular weight excluding hydrogens is 400 g/mol. The van der Waals surface area contributed by atoms with Gasteiger partial charge in [0.05, 0.1) is 0 Å². The van der Waals surface area contributed by atoms with Crippen LogP contribution in [0.5, 0.6) is 0 Å². The van der Waals surface area contributed by atoms with Gasteiger partial charge >= 0.3 is 0 Å². The molecule has 1 aliphatic rings. The highest BCUT2D eigenvalue weighted by atomic mass is 16.2. The average Bonchev–Trinajstić information content (AvgIpc) is 3.40. The molecule has 0 spiro atoms. The Morgan fingerprint density at radius 2 is 1.91 bits per heavy atom. The van der Waals surface area contributed by atoms with Crippen molar-refractivity contribution in [1.82, 2.24) is 19.8 Å². The van der Waals surface area contributed by atoms with E-state index in [-0.39, 0.29) is 5.91 Å². The summed E-state index contributed by atoms with van der Waals surface area (Å²) in [5.41, 5.74) is 5.07. The largest absolute Gasteiger partial charge is 0.361 e. The van der Waals surface area contributed by atoms with Gasteiger partial charge in [0.2, 0.25) is 6.41 Å². The molecule has 2 N–H and O–H groups in total. The van der Waals surface area contributed by atoms with Crippen LogP contribution in [-0.2, 0) is 11.3 Å². The van der Waals surface area contributed by atoms with Crippen LogP contribution in [0.25, 0.3) is 21.8 Å². The Hall–Kier alpha value is -3.54. The molecule has 32 heavy (non-hydrogen) atoms. The number of nitrogens with zero attached hydrogens (tertiary/aromatic N) is 2. The fourth-order valence-corrected chi connectivity index (χ4v) is 4.36. The first-order valence-corrected chi connectivity index (χ1v) is 11.3. The summed E-state index contributed by atoms with van der Waals surface area (Å²) in [6.07, 6.45) is 5.29. The highest BCUT2D eigenvalue weighted by Crippen LogP contribution is 2.40. The Balaban J connectivity index is 1.25. The monoisotopic (exact) mass is 428 g/mol. The Bertz CT molecular complexity index is 1270. The van der Waals surface area contributed by atoms with Gasteiger partial charge in [-0.2, -0.15) is 0 Å². The number of amides is 2. The number of benzene rings is 2. The van der Waals surface area contributed by atoms with E-state index in [1.807, 2.05) is 31.3 Å². The van der Waals surface area contributed by atoms with Gasteiger partial charge in [-0.05, 0) is 72.5 Å². The molecule has 1 fully saturated rings. The minimum absolute atomic E-state index is 0.0321. The van der Waals surface area contributed by atoms with Gasteiger partial charge in [-0.1, -0.05) is 18.2 Å². The van der Waals surface area contributed by atoms with Crippen molar-refractivity contribution in [3.63, 3.8) is 0 Å². The van der Waals surface area contributed by atoms with Gasteiger partial charge in [-0.25, -0.2) is 0 Å². The van der Waals surface area contributed by atoms with E-state index in [4.69, 9.17) is 0 Å². The molecule has 6 nitrogen and oxygen atoms in total. The van der Waals surface area contributed by atoms with E-state index in [1.165, 1.54) is 18.4 Å². The van der Waals surface area contributed by atoms with E-state index in [0.29, 0.717) is 37.8 Å². The second-order valence-corrected chi connectivity index (χ2v) is 8.66. The lowest BCUT2D eigenvalue weighted by molar-refractivity contribution is -0.118. The summed E-state index contributed by atoms with van der Waals surface area (Å²) in [7, 11) is 0. The molecule has 0 atom stereocenters. The van der Waals surface area contributed by atoms with Crippen molar-refractivity contribution in [1.29, 1.82) is 0 Å². The number of carbonyl (C=O) groups excluding carboxylic acids is 2. The van der Waals surface area contributed by atoms with Gasteiger partial charge < -0.3 is 19.8 Å². The predicted octanol–water partition coefficient (Wildman–Crippen LogP) is 4.65. The van der Waals surface area contributed by atoms with E-state index in [2.05, 4.69) is 40.3 Å². The summed E-state index contributed by atoms with van der Waals surface area (Å²) in [6.45, 7) is 4.04. The third kappa shape index (κ3) is 4.13. The van der Waals surface area contributed by atoms with Crippen LogP contribution in [0.4, 0.5) is 0 Å². The molecule has 0 unspecified atom stereocenters. The first-order valence-electron chi connectivity index (χ1n) is 11.3. The van der Waals surface area contributed by atoms with E-state index < -0.39 is 0 Å². The number of likely N-dealkylation sites (N-methyl/N-ethyl adjacent to an activating group) is 1. The van der Waals surface area contributed by atoms with Crippen LogP contribution in [0.1, 0.15) is 47.3 Å². The van der Waals surface area contributed by atoms with Gasteiger partial charge in [-0.15, -0.1) is 0 Å². The highest BCUT2D eigenvalue weighted by Gasteiger charge is 2.24. The van der Waals surface area contributed by atoms with E-state index in [1.54, 1.807) is 9.80 Å². The molecule has 2 aromatic heterocycles. The zero-order valence-corrected chi connectivity index (χ0v) is 18.3. The predicted molar refractivity (Wildman–Crippen MR) is 127 cm³/mol. The standard InChI is InChI=1S/C26H28N4O2/c1-2-30(12-11-29(17-31)16-18-3-4-20-9-10-27-24(20)13-18)26(32)25-15-22-14-21(19-5-6-19)7-8-23(22)28-25/h3-4,7-10,13-15,17,19,27-28H,2,5-6,11-12,16H2,1H3. The number of carbonyl (C=O) groups is 2. The number of aromatic nitrogens is 2. The lowest BCUT2D eigenvalue weighted by Crippen LogP contribution is -2.38. The van der Waals surface area contributed by atoms with Gasteiger partial charge in [0, 0.05) is 48.8 Å². The first-order chi connectivity index (χ1) is 15.6. The SMILES string of the molecule is CCN(CCN(C=O)Cc1ccc2cc[nH]c2c1)C(=O)c1cc2cc(C3CC3)ccc2[nH]1. The molecule has 1 aliphatic carbocycles. The van der Waals surface area contributed by atoms with Crippen molar-refractivity contribution < 1.29 is 9.59 Å². The average molecular weight is 429 g/mol. The number of hydrogen-bond acceptors (Lipinski definition) is 2. The summed E-state index contributed by atoms with van der Waals surface area (Å²) in [4.78, 5) is 34.8. The van der Waals surface area contributed by atoms with Crippen molar-refractivity contribution >= 4 is 34.1 Å². The van der Waals surface area contributed by atoms with Crippen molar-refractivity contribution in [3.05, 3.63) is 71.5 Å². The number of nitrogens with one attached hydrogen (secondary N) is 2. The summed E-state index contributed by atoms with van der Waals surface area (Å²) in [6, 6.07) is 16.6. The molecule has 0 aliphatic heterocycles. The topological polar surface area (TPSA) is 72.2 Å². The van der Waals surface area contributed by atoms with E-state index in [0.717, 1.165) is 33.8 Å². The van der Waals surface area contributed by atoms with Crippen molar-refractivity contribution in [2.24, 2.45) is 0 Å². The molecule has 0 radical (unpaired) electrons. The van der Waals surface area contributed by atoms with E-state index >= 15 is 0 Å². The van der Waals surface area contributed by atoms with Crippen molar-refractivity contribution in [2.75, 3.05) is 19.6 Å². The van der Waals surface area contributed by atoms with Crippen LogP contribution in [0, 0.1) is 0 Å². The molecule has 2 amide bonds. The third-order valence-electron chi connectivity index (χ3n) is 6.40. The number of aromatic amines is 2. The molecule has 0 bridgehead atoms. The fourth-order valence-electron chi connectivity index (χ4n) is 4.36. The molecule has 164 valence electrons. The van der Waals surface area contributed by atoms with Crippen LogP contribution in [0.15, 0.2) is 54.7 Å². The Labute approximate surface area is 187 Å². The van der Waals surface area contributed by atoms with Crippen LogP contribution >= 0.6 is 0 Å². The quantitative estimate of drug-likeness (QED) is 0.381. The second-order valence-electron chi connectivity index (χ2n) is 8.66. The van der Waals surface area contributed by atoms with Crippen molar-refractivity contribution in [3.8, 4) is 0 Å². The van der Waals surface area contributed by atoms with Crippen LogP contribution in [-0.4, -0.2) is 51.7 Å². The maximum Gasteiger partial charge on any atom is 0.270 e. The number of fused-ring (bicyclic) bond motifs is 2. The van der Waals surface area contributed by atoms with Gasteiger partial charge in [0.25, 0.3) is 5.91 Å². The fraction of sp³-hybridized carbons (Fsp3) is 0.308. The molecule has 1 saturated carbocycles. The van der Waals surface area contributed by atoms with Crippen LogP contribution in [0.2, 0.25) is 0 Å². The van der Waals surface area contributed by atoms with Gasteiger partial charge in [-0.3, -0.25) is 9.59 Å². The highest BCUT2D eigenvalue weighted by molar-refractivity contribution is 5.98. The number of rotatable bonds is 9. The minimum atomic E-state index is -0.0321. The Morgan fingerprint density at radius 3 is 2.69 bits per heavy atom. The molecule has 2 aromatic carbocycles. The smallest absolute Gasteiger partial charge is 0.270 e. The second kappa shape index (κ2) is 8.54. The first kappa shape index (κ1) is 20.4. The molecule has 2 heterocycles. The maximum atomic E-state index is 13.1. The molecule has 6 heteroatoms. The molecule has 5 rings (SSSR count). The number of H-pyrrole nitrogens is 2. The Kier molecular flexibility index (Phi) is 5.43. The van der Waals surface area contributed by atoms with Crippen LogP contribution in [0.3, 0.4) is 0 Å². The van der Waals surface area contributed by atoms with Crippen LogP contribution < -0.4 is 0 Å². The zero-order chi connectivity index (χ0) is 22.1. The molecule has 4 aromatic rings. The lowest BCUT2D eigenvalue weighted by Gasteiger charge is -2.24. The Morgan fingerprint density at radius 1 is 1.03 bits per heavy atom. The zero-order valence-electron chi connectivity index (χ0n) is 18.3. The summed E-state index contributed by atoms with van der Waals surface area (Å²) < 4.78 is 0. The molecular formula is C26H28N4O2.